The van der Waals surface area contributed by atoms with Gasteiger partial charge in [0.2, 0.25) is 5.91 Å². The molecule has 1 aromatic heterocycles. The molecule has 3 nitrogen and oxygen atoms in total. The summed E-state index contributed by atoms with van der Waals surface area (Å²) in [7, 11) is 0. The largest absolute Gasteiger partial charge is 0.309 e. The molecule has 0 bridgehead atoms. The smallest absolute Gasteiger partial charge is 0.228 e. The second-order valence-corrected chi connectivity index (χ2v) is 5.59. The normalized spacial score (nSPS) is 21.7. The second kappa shape index (κ2) is 4.14. The molecule has 0 saturated carbocycles. The van der Waals surface area contributed by atoms with Crippen LogP contribution in [0.15, 0.2) is 18.5 Å². The highest BCUT2D eigenvalue weighted by atomic mass is 127. The molecular weight excluding hydrogens is 359 g/mol. The Hall–Kier alpha value is -0.170. The highest BCUT2D eigenvalue weighted by Crippen LogP contribution is 2.27. The number of carbonyl (C=O) groups is 1. The predicted molar refractivity (Wildman–Crippen MR) is 66.6 cm³/mol. The maximum Gasteiger partial charge on any atom is 0.228 e. The van der Waals surface area contributed by atoms with Gasteiger partial charge in [-0.15, -0.1) is 0 Å². The van der Waals surface area contributed by atoms with E-state index in [-0.39, 0.29) is 10.7 Å². The lowest BCUT2D eigenvalue weighted by Crippen LogP contribution is -2.25. The third-order valence-corrected chi connectivity index (χ3v) is 3.64. The summed E-state index contributed by atoms with van der Waals surface area (Å²) in [6, 6.07) is 1.91. The van der Waals surface area contributed by atoms with Crippen molar-refractivity contribution in [2.45, 2.75) is 11.2 Å². The average Bonchev–Trinajstić information content (AvgIpc) is 2.46. The number of nitrogens with zero attached hydrogens (tertiary/aromatic N) is 2. The van der Waals surface area contributed by atoms with Crippen LogP contribution in [-0.4, -0.2) is 22.3 Å². The molecule has 1 fully saturated rings. The first-order valence-corrected chi connectivity index (χ1v) is 6.22. The number of aromatic nitrogens is 1. The molecule has 1 saturated heterocycles. The molecule has 2 rings (SSSR count). The fourth-order valence-electron chi connectivity index (χ4n) is 1.46. The van der Waals surface area contributed by atoms with Crippen LogP contribution in [-0.2, 0) is 4.79 Å². The fraction of sp³-hybridized carbons (Fsp3) is 0.333. The maximum absolute atomic E-state index is 11.6. The van der Waals surface area contributed by atoms with Crippen LogP contribution < -0.4 is 4.90 Å². The summed E-state index contributed by atoms with van der Waals surface area (Å²) >= 11 is 5.67. The molecule has 0 N–H and O–H groups in total. The first-order valence-electron chi connectivity index (χ1n) is 4.22. The first kappa shape index (κ1) is 10.4. The molecule has 1 aliphatic heterocycles. The third-order valence-electron chi connectivity index (χ3n) is 2.12. The van der Waals surface area contributed by atoms with Gasteiger partial charge < -0.3 is 4.90 Å². The Labute approximate surface area is 104 Å². The Morgan fingerprint density at radius 2 is 2.43 bits per heavy atom. The molecule has 0 spiro atoms. The van der Waals surface area contributed by atoms with Gasteiger partial charge in [-0.1, -0.05) is 15.9 Å². The summed E-state index contributed by atoms with van der Waals surface area (Å²) in [6.45, 7) is 0.737. The Kier molecular flexibility index (Phi) is 3.06. The van der Waals surface area contributed by atoms with Crippen molar-refractivity contribution in [3.63, 3.8) is 0 Å². The van der Waals surface area contributed by atoms with Gasteiger partial charge in [0.1, 0.15) is 0 Å². The standard InChI is InChI=1S/C9H8BrIN2O/c10-6-3-9(14)13(5-6)8-4-12-2-1-7(8)11/h1-2,4,6H,3,5H2. The zero-order valence-electron chi connectivity index (χ0n) is 7.28. The Balaban J connectivity index is 2.32. The summed E-state index contributed by atoms with van der Waals surface area (Å²) in [4.78, 5) is 17.7. The summed E-state index contributed by atoms with van der Waals surface area (Å²) in [6.07, 6.45) is 4.05. The summed E-state index contributed by atoms with van der Waals surface area (Å²) in [5.41, 5.74) is 0.917. The van der Waals surface area contributed by atoms with Crippen molar-refractivity contribution in [1.29, 1.82) is 0 Å². The molecule has 74 valence electrons. The molecule has 2 heterocycles. The van der Waals surface area contributed by atoms with Crippen molar-refractivity contribution in [2.75, 3.05) is 11.4 Å². The van der Waals surface area contributed by atoms with Crippen LogP contribution in [0.3, 0.4) is 0 Å². The van der Waals surface area contributed by atoms with E-state index in [0.29, 0.717) is 6.42 Å². The lowest BCUT2D eigenvalue weighted by Gasteiger charge is -2.16. The van der Waals surface area contributed by atoms with E-state index in [9.17, 15) is 4.79 Å². The zero-order valence-corrected chi connectivity index (χ0v) is 11.0. The molecule has 1 unspecified atom stereocenters. The second-order valence-electron chi connectivity index (χ2n) is 3.13. The number of amides is 1. The molecular formula is C9H8BrIN2O. The molecule has 1 atom stereocenters. The van der Waals surface area contributed by atoms with Crippen LogP contribution in [0.2, 0.25) is 0 Å². The average molecular weight is 367 g/mol. The third kappa shape index (κ3) is 1.93. The molecule has 1 amide bonds. The van der Waals surface area contributed by atoms with Crippen molar-refractivity contribution in [3.8, 4) is 0 Å². The van der Waals surface area contributed by atoms with Gasteiger partial charge in [0.05, 0.1) is 11.9 Å². The van der Waals surface area contributed by atoms with Gasteiger partial charge in [0.15, 0.2) is 0 Å². The van der Waals surface area contributed by atoms with Crippen LogP contribution in [0.25, 0.3) is 0 Å². The summed E-state index contributed by atoms with van der Waals surface area (Å²) < 4.78 is 1.06. The number of rotatable bonds is 1. The molecule has 0 aromatic carbocycles. The summed E-state index contributed by atoms with van der Waals surface area (Å²) in [5.74, 6) is 0.165. The number of hydrogen-bond acceptors (Lipinski definition) is 2. The van der Waals surface area contributed by atoms with Crippen LogP contribution in [0.4, 0.5) is 5.69 Å². The molecule has 0 radical (unpaired) electrons. The van der Waals surface area contributed by atoms with Crippen LogP contribution >= 0.6 is 38.5 Å². The SMILES string of the molecule is O=C1CC(Br)CN1c1cnccc1I. The lowest BCUT2D eigenvalue weighted by atomic mass is 10.4. The zero-order chi connectivity index (χ0) is 10.1. The minimum absolute atomic E-state index is 0.165. The van der Waals surface area contributed by atoms with E-state index < -0.39 is 0 Å². The molecule has 0 aliphatic carbocycles. The number of alkyl halides is 1. The van der Waals surface area contributed by atoms with Crippen molar-refractivity contribution < 1.29 is 4.79 Å². The lowest BCUT2D eigenvalue weighted by molar-refractivity contribution is -0.117. The number of carbonyl (C=O) groups excluding carboxylic acids is 1. The van der Waals surface area contributed by atoms with E-state index in [1.165, 1.54) is 0 Å². The highest BCUT2D eigenvalue weighted by molar-refractivity contribution is 14.1. The molecule has 1 aliphatic rings. The monoisotopic (exact) mass is 366 g/mol. The molecule has 5 heteroatoms. The van der Waals surface area contributed by atoms with Gasteiger partial charge in [-0.3, -0.25) is 9.78 Å². The maximum atomic E-state index is 11.6. The Bertz CT molecular complexity index is 372. The minimum Gasteiger partial charge on any atom is -0.309 e. The van der Waals surface area contributed by atoms with E-state index in [2.05, 4.69) is 43.5 Å². The van der Waals surface area contributed by atoms with Crippen LogP contribution in [0.5, 0.6) is 0 Å². The van der Waals surface area contributed by atoms with E-state index in [4.69, 9.17) is 0 Å². The number of halogens is 2. The van der Waals surface area contributed by atoms with Crippen molar-refractivity contribution in [2.24, 2.45) is 0 Å². The molecule has 1 aromatic rings. The quantitative estimate of drug-likeness (QED) is 0.564. The van der Waals surface area contributed by atoms with Gasteiger partial charge in [0.25, 0.3) is 0 Å². The van der Waals surface area contributed by atoms with E-state index in [1.54, 1.807) is 17.3 Å². The van der Waals surface area contributed by atoms with Crippen molar-refractivity contribution in [1.82, 2.24) is 4.98 Å². The van der Waals surface area contributed by atoms with Gasteiger partial charge in [0, 0.05) is 27.6 Å². The number of pyridine rings is 1. The van der Waals surface area contributed by atoms with Crippen molar-refractivity contribution >= 4 is 50.1 Å². The minimum atomic E-state index is 0.165. The first-order chi connectivity index (χ1) is 6.68. The van der Waals surface area contributed by atoms with Crippen LogP contribution in [0, 0.1) is 3.57 Å². The van der Waals surface area contributed by atoms with Gasteiger partial charge >= 0.3 is 0 Å². The number of hydrogen-bond donors (Lipinski definition) is 0. The van der Waals surface area contributed by atoms with Gasteiger partial charge in [-0.2, -0.15) is 0 Å². The topological polar surface area (TPSA) is 33.2 Å². The van der Waals surface area contributed by atoms with E-state index in [1.807, 2.05) is 6.07 Å². The number of anilines is 1. The summed E-state index contributed by atoms with van der Waals surface area (Å²) in [5, 5.41) is 0. The van der Waals surface area contributed by atoms with Gasteiger partial charge in [-0.25, -0.2) is 0 Å². The Morgan fingerprint density at radius 3 is 3.00 bits per heavy atom. The highest BCUT2D eigenvalue weighted by Gasteiger charge is 2.29. The molecule has 14 heavy (non-hydrogen) atoms. The predicted octanol–water partition coefficient (Wildman–Crippen LogP) is 2.19. The van der Waals surface area contributed by atoms with Gasteiger partial charge in [-0.05, 0) is 28.7 Å². The van der Waals surface area contributed by atoms with Crippen molar-refractivity contribution in [3.05, 3.63) is 22.0 Å². The van der Waals surface area contributed by atoms with E-state index in [0.717, 1.165) is 15.8 Å². The van der Waals surface area contributed by atoms with Crippen LogP contribution in [0.1, 0.15) is 6.42 Å². The van der Waals surface area contributed by atoms with E-state index >= 15 is 0 Å². The fourth-order valence-corrected chi connectivity index (χ4v) is 2.62. The Morgan fingerprint density at radius 1 is 1.64 bits per heavy atom.